The number of ether oxygens (including phenoxy) is 1. The number of nitrogens with one attached hydrogen (secondary N) is 2. The Morgan fingerprint density at radius 2 is 1.79 bits per heavy atom. The van der Waals surface area contributed by atoms with E-state index in [-0.39, 0.29) is 23.6 Å². The number of nitro benzene ring substituents is 1. The first-order valence-corrected chi connectivity index (χ1v) is 9.02. The van der Waals surface area contributed by atoms with E-state index in [1.807, 2.05) is 0 Å². The van der Waals surface area contributed by atoms with Gasteiger partial charge in [-0.05, 0) is 36.8 Å². The number of carbonyl (C=O) groups excluding carboxylic acids is 2. The monoisotopic (exact) mass is 445 g/mol. The molecule has 11 heteroatoms. The van der Waals surface area contributed by atoms with E-state index in [4.69, 9.17) is 39.5 Å². The fraction of sp³-hybridized carbons (Fsp3) is 0.176. The van der Waals surface area contributed by atoms with E-state index < -0.39 is 22.4 Å². The number of hydrogen-bond acceptors (Lipinski definition) is 5. The fourth-order valence-electron chi connectivity index (χ4n) is 2.06. The number of hydrazine groups is 1. The molecule has 0 aliphatic rings. The van der Waals surface area contributed by atoms with Gasteiger partial charge in [0.2, 0.25) is 5.91 Å². The molecule has 148 valence electrons. The van der Waals surface area contributed by atoms with E-state index in [0.29, 0.717) is 22.2 Å². The molecule has 0 atom stereocenters. The van der Waals surface area contributed by atoms with E-state index in [9.17, 15) is 19.7 Å². The van der Waals surface area contributed by atoms with Gasteiger partial charge in [0.25, 0.3) is 11.6 Å². The summed E-state index contributed by atoms with van der Waals surface area (Å²) in [6.07, 6.45) is 0.444. The Morgan fingerprint density at radius 1 is 1.04 bits per heavy atom. The van der Waals surface area contributed by atoms with Gasteiger partial charge < -0.3 is 4.74 Å². The third-order valence-corrected chi connectivity index (χ3v) is 4.27. The summed E-state index contributed by atoms with van der Waals surface area (Å²) in [7, 11) is 0. The summed E-state index contributed by atoms with van der Waals surface area (Å²) in [5.74, 6) is -0.718. The van der Waals surface area contributed by atoms with Crippen LogP contribution in [0.1, 0.15) is 23.2 Å². The van der Waals surface area contributed by atoms with E-state index >= 15 is 0 Å². The molecule has 8 nitrogen and oxygen atoms in total. The van der Waals surface area contributed by atoms with Crippen molar-refractivity contribution >= 4 is 52.3 Å². The van der Waals surface area contributed by atoms with E-state index in [2.05, 4.69) is 10.9 Å². The zero-order valence-electron chi connectivity index (χ0n) is 14.2. The average Bonchev–Trinajstić information content (AvgIpc) is 2.64. The predicted molar refractivity (Wildman–Crippen MR) is 105 cm³/mol. The first kappa shape index (κ1) is 21.7. The van der Waals surface area contributed by atoms with E-state index in [0.717, 1.165) is 6.07 Å². The molecule has 0 heterocycles. The van der Waals surface area contributed by atoms with Gasteiger partial charge in [-0.15, -0.1) is 0 Å². The molecule has 0 fully saturated rings. The molecule has 0 saturated carbocycles. The summed E-state index contributed by atoms with van der Waals surface area (Å²) < 4.78 is 5.45. The summed E-state index contributed by atoms with van der Waals surface area (Å²) in [4.78, 5) is 33.9. The molecular formula is C17H14Cl3N3O5. The molecule has 2 N–H and O–H groups in total. The molecule has 0 aromatic heterocycles. The Labute approximate surface area is 174 Å². The number of nitrogens with zero attached hydrogens (tertiary/aromatic N) is 1. The maximum atomic E-state index is 12.0. The number of benzene rings is 2. The summed E-state index contributed by atoms with van der Waals surface area (Å²) in [6.45, 7) is 0.228. The number of carbonyl (C=O) groups is 2. The lowest BCUT2D eigenvalue weighted by atomic mass is 10.2. The third-order valence-electron chi connectivity index (χ3n) is 3.42. The van der Waals surface area contributed by atoms with E-state index in [1.165, 1.54) is 12.1 Å². The first-order chi connectivity index (χ1) is 13.3. The van der Waals surface area contributed by atoms with Gasteiger partial charge in [-0.25, -0.2) is 0 Å². The molecule has 0 unspecified atom stereocenters. The SMILES string of the molecule is O=C(CCCOc1ccc(Cl)cc1Cl)NNC(=O)c1ccc(Cl)c([N+](=O)[O-])c1. The van der Waals surface area contributed by atoms with Crippen molar-refractivity contribution in [1.82, 2.24) is 10.9 Å². The Morgan fingerprint density at radius 3 is 2.46 bits per heavy atom. The van der Waals surface area contributed by atoms with Crippen LogP contribution < -0.4 is 15.6 Å². The predicted octanol–water partition coefficient (Wildman–Crippen LogP) is 4.18. The minimum atomic E-state index is -0.711. The summed E-state index contributed by atoms with van der Waals surface area (Å²) in [5, 5.41) is 11.6. The Kier molecular flexibility index (Phi) is 7.86. The first-order valence-electron chi connectivity index (χ1n) is 7.89. The van der Waals surface area contributed by atoms with Crippen LogP contribution in [0, 0.1) is 10.1 Å². The topological polar surface area (TPSA) is 111 Å². The number of rotatable bonds is 7. The molecule has 2 rings (SSSR count). The summed E-state index contributed by atoms with van der Waals surface area (Å²) in [5.41, 5.74) is 3.98. The van der Waals surface area contributed by atoms with Crippen molar-refractivity contribution < 1.29 is 19.2 Å². The van der Waals surface area contributed by atoms with Gasteiger partial charge >= 0.3 is 0 Å². The second kappa shape index (κ2) is 10.1. The van der Waals surface area contributed by atoms with E-state index in [1.54, 1.807) is 18.2 Å². The normalized spacial score (nSPS) is 10.2. The molecule has 0 saturated heterocycles. The number of halogens is 3. The van der Waals surface area contributed by atoms with Gasteiger partial charge in [0.05, 0.1) is 16.6 Å². The van der Waals surface area contributed by atoms with Crippen LogP contribution in [0.3, 0.4) is 0 Å². The van der Waals surface area contributed by atoms with Crippen LogP contribution in [-0.4, -0.2) is 23.3 Å². The standard InChI is InChI=1S/C17H14Cl3N3O5/c18-11-4-6-15(13(20)9-11)28-7-1-2-16(24)21-22-17(25)10-3-5-12(19)14(8-10)23(26)27/h3-6,8-9H,1-2,7H2,(H,21,24)(H,22,25). The highest BCUT2D eigenvalue weighted by Crippen LogP contribution is 2.27. The largest absolute Gasteiger partial charge is 0.492 e. The molecule has 0 aliphatic heterocycles. The van der Waals surface area contributed by atoms with Gasteiger partial charge in [-0.3, -0.25) is 30.6 Å². The van der Waals surface area contributed by atoms with Crippen molar-refractivity contribution in [3.63, 3.8) is 0 Å². The van der Waals surface area contributed by atoms with Crippen LogP contribution in [0.15, 0.2) is 36.4 Å². The van der Waals surface area contributed by atoms with Crippen LogP contribution in [0.4, 0.5) is 5.69 Å². The van der Waals surface area contributed by atoms with Gasteiger partial charge in [0, 0.05) is 23.1 Å². The van der Waals surface area contributed by atoms with Gasteiger partial charge in [-0.2, -0.15) is 0 Å². The lowest BCUT2D eigenvalue weighted by molar-refractivity contribution is -0.384. The molecule has 28 heavy (non-hydrogen) atoms. The molecule has 0 bridgehead atoms. The number of hydrogen-bond donors (Lipinski definition) is 2. The van der Waals surface area contributed by atoms with Crippen molar-refractivity contribution in [3.05, 3.63) is 67.1 Å². The number of nitro groups is 1. The molecular weight excluding hydrogens is 433 g/mol. The molecule has 0 aliphatic carbocycles. The second-order valence-corrected chi connectivity index (χ2v) is 6.70. The Bertz CT molecular complexity index is 908. The van der Waals surface area contributed by atoms with Crippen LogP contribution in [0.2, 0.25) is 15.1 Å². The average molecular weight is 447 g/mol. The van der Waals surface area contributed by atoms with Crippen molar-refractivity contribution in [2.75, 3.05) is 6.61 Å². The second-order valence-electron chi connectivity index (χ2n) is 5.45. The lowest BCUT2D eigenvalue weighted by Crippen LogP contribution is -2.41. The minimum absolute atomic E-state index is 0.0166. The highest BCUT2D eigenvalue weighted by molar-refractivity contribution is 6.35. The lowest BCUT2D eigenvalue weighted by Gasteiger charge is -2.09. The fourth-order valence-corrected chi connectivity index (χ4v) is 2.71. The summed E-state index contributed by atoms with van der Waals surface area (Å²) in [6, 6.07) is 8.36. The molecule has 0 spiro atoms. The molecule has 2 aromatic carbocycles. The van der Waals surface area contributed by atoms with Crippen LogP contribution in [-0.2, 0) is 4.79 Å². The highest BCUT2D eigenvalue weighted by Gasteiger charge is 2.16. The van der Waals surface area contributed by atoms with Crippen molar-refractivity contribution in [2.24, 2.45) is 0 Å². The van der Waals surface area contributed by atoms with Gasteiger partial charge in [-0.1, -0.05) is 34.8 Å². The summed E-state index contributed by atoms with van der Waals surface area (Å²) >= 11 is 17.4. The minimum Gasteiger partial charge on any atom is -0.492 e. The Hall–Kier alpha value is -2.55. The smallest absolute Gasteiger partial charge is 0.288 e. The molecule has 0 radical (unpaired) electrons. The quantitative estimate of drug-likeness (QED) is 0.377. The van der Waals surface area contributed by atoms with Crippen molar-refractivity contribution in [2.45, 2.75) is 12.8 Å². The van der Waals surface area contributed by atoms with Crippen molar-refractivity contribution in [3.8, 4) is 5.75 Å². The highest BCUT2D eigenvalue weighted by atomic mass is 35.5. The zero-order chi connectivity index (χ0) is 20.7. The third kappa shape index (κ3) is 6.26. The van der Waals surface area contributed by atoms with Crippen LogP contribution in [0.5, 0.6) is 5.75 Å². The maximum absolute atomic E-state index is 12.0. The number of amides is 2. The Balaban J connectivity index is 1.75. The van der Waals surface area contributed by atoms with Crippen LogP contribution >= 0.6 is 34.8 Å². The molecule has 2 aromatic rings. The van der Waals surface area contributed by atoms with Gasteiger partial charge in [0.1, 0.15) is 10.8 Å². The van der Waals surface area contributed by atoms with Gasteiger partial charge in [0.15, 0.2) is 0 Å². The molecule has 2 amide bonds. The maximum Gasteiger partial charge on any atom is 0.288 e. The zero-order valence-corrected chi connectivity index (χ0v) is 16.5. The van der Waals surface area contributed by atoms with Crippen molar-refractivity contribution in [1.29, 1.82) is 0 Å². The van der Waals surface area contributed by atoms with Crippen LogP contribution in [0.25, 0.3) is 0 Å².